The van der Waals surface area contributed by atoms with E-state index in [2.05, 4.69) is 77.5 Å². The highest BCUT2D eigenvalue weighted by Crippen LogP contribution is 2.35. The topological polar surface area (TPSA) is 95.9 Å². The molecule has 6 nitrogen and oxygen atoms in total. The molecule has 0 spiro atoms. The summed E-state index contributed by atoms with van der Waals surface area (Å²) in [5, 5.41) is 2.55. The number of phosphoric ester groups is 1. The summed E-state index contributed by atoms with van der Waals surface area (Å²) in [4.78, 5) is 28.5. The van der Waals surface area contributed by atoms with Crippen molar-refractivity contribution in [2.75, 3.05) is 13.2 Å². The third kappa shape index (κ3) is 24.2. The molecule has 0 saturated heterocycles. The van der Waals surface area contributed by atoms with Gasteiger partial charge < -0.3 is 15.1 Å². The standard InChI is InChI=1S/C22H36NO5P/c1-2-3-4-5-6-7-8-9-10-11-12-13-14-15-16-17-18-19-22(24)23-20-21-28-29(25,26)27/h3-4,6-7,9-10,12-13,15-16H,2,5,8,11,14,17-21H2,1H3,(H,23,24)(H2,25,26,27). The molecule has 0 bridgehead atoms. The lowest BCUT2D eigenvalue weighted by atomic mass is 10.2. The predicted molar refractivity (Wildman–Crippen MR) is 119 cm³/mol. The van der Waals surface area contributed by atoms with E-state index in [0.717, 1.165) is 44.9 Å². The summed E-state index contributed by atoms with van der Waals surface area (Å²) in [5.74, 6) is -0.147. The van der Waals surface area contributed by atoms with E-state index in [9.17, 15) is 9.36 Å². The number of allylic oxidation sites excluding steroid dienone is 10. The summed E-state index contributed by atoms with van der Waals surface area (Å²) in [7, 11) is -4.46. The van der Waals surface area contributed by atoms with E-state index in [1.165, 1.54) is 0 Å². The predicted octanol–water partition coefficient (Wildman–Crippen LogP) is 5.13. The third-order valence-corrected chi connectivity index (χ3v) is 4.13. The van der Waals surface area contributed by atoms with Gasteiger partial charge in [-0.3, -0.25) is 9.32 Å². The maximum absolute atomic E-state index is 11.5. The van der Waals surface area contributed by atoms with Crippen molar-refractivity contribution >= 4 is 13.7 Å². The van der Waals surface area contributed by atoms with E-state index in [1.54, 1.807) is 0 Å². The molecule has 0 aromatic rings. The molecule has 164 valence electrons. The van der Waals surface area contributed by atoms with Crippen molar-refractivity contribution in [1.82, 2.24) is 5.32 Å². The molecular weight excluding hydrogens is 389 g/mol. The van der Waals surface area contributed by atoms with Gasteiger partial charge in [-0.25, -0.2) is 4.57 Å². The molecule has 0 aliphatic carbocycles. The average molecular weight is 426 g/mol. The zero-order chi connectivity index (χ0) is 21.6. The Labute approximate surface area is 175 Å². The first-order chi connectivity index (χ1) is 14.0. The number of phosphoric acid groups is 1. The lowest BCUT2D eigenvalue weighted by Gasteiger charge is -2.06. The molecule has 29 heavy (non-hydrogen) atoms. The van der Waals surface area contributed by atoms with Crippen molar-refractivity contribution in [3.63, 3.8) is 0 Å². The highest BCUT2D eigenvalue weighted by molar-refractivity contribution is 7.46. The Kier molecular flexibility index (Phi) is 18.4. The van der Waals surface area contributed by atoms with Gasteiger partial charge in [0.1, 0.15) is 0 Å². The van der Waals surface area contributed by atoms with Gasteiger partial charge in [0, 0.05) is 13.0 Å². The molecule has 0 fully saturated rings. The minimum absolute atomic E-state index is 0.0889. The minimum Gasteiger partial charge on any atom is -0.354 e. The fraction of sp³-hybridized carbons (Fsp3) is 0.500. The molecule has 1 amide bonds. The highest BCUT2D eigenvalue weighted by Gasteiger charge is 2.12. The van der Waals surface area contributed by atoms with Crippen LogP contribution in [0.4, 0.5) is 0 Å². The number of hydrogen-bond acceptors (Lipinski definition) is 3. The Balaban J connectivity index is 3.54. The molecule has 0 aliphatic rings. The summed E-state index contributed by atoms with van der Waals surface area (Å²) in [6.45, 7) is 2.02. The van der Waals surface area contributed by atoms with E-state index in [1.807, 2.05) is 0 Å². The van der Waals surface area contributed by atoms with Crippen molar-refractivity contribution in [3.8, 4) is 0 Å². The van der Waals surface area contributed by atoms with Gasteiger partial charge in [0.2, 0.25) is 5.91 Å². The van der Waals surface area contributed by atoms with Crippen molar-refractivity contribution in [2.24, 2.45) is 0 Å². The molecule has 7 heteroatoms. The van der Waals surface area contributed by atoms with E-state index < -0.39 is 7.82 Å². The molecule has 0 saturated carbocycles. The van der Waals surface area contributed by atoms with E-state index in [-0.39, 0.29) is 19.1 Å². The van der Waals surface area contributed by atoms with Crippen molar-refractivity contribution in [3.05, 3.63) is 60.8 Å². The second-order valence-electron chi connectivity index (χ2n) is 6.27. The van der Waals surface area contributed by atoms with Gasteiger partial charge in [0.15, 0.2) is 0 Å². The number of carbonyl (C=O) groups is 1. The van der Waals surface area contributed by atoms with Gasteiger partial charge in [-0.2, -0.15) is 0 Å². The van der Waals surface area contributed by atoms with Crippen molar-refractivity contribution in [1.29, 1.82) is 0 Å². The number of rotatable bonds is 17. The zero-order valence-corrected chi connectivity index (χ0v) is 18.3. The van der Waals surface area contributed by atoms with Gasteiger partial charge in [-0.15, -0.1) is 0 Å². The Morgan fingerprint density at radius 1 is 0.862 bits per heavy atom. The quantitative estimate of drug-likeness (QED) is 0.170. The fourth-order valence-corrected chi connectivity index (χ4v) is 2.52. The summed E-state index contributed by atoms with van der Waals surface area (Å²) in [6, 6.07) is 0. The van der Waals surface area contributed by atoms with Gasteiger partial charge >= 0.3 is 7.82 Å². The third-order valence-electron chi connectivity index (χ3n) is 3.62. The van der Waals surface area contributed by atoms with Crippen LogP contribution in [-0.4, -0.2) is 28.8 Å². The van der Waals surface area contributed by atoms with Crippen molar-refractivity contribution < 1.29 is 23.7 Å². The maximum atomic E-state index is 11.5. The molecule has 0 unspecified atom stereocenters. The SMILES string of the molecule is CCC=CCC=CCC=CCC=CCC=CCCCC(=O)NCCOP(=O)(O)O. The zero-order valence-electron chi connectivity index (χ0n) is 17.4. The monoisotopic (exact) mass is 425 g/mol. The lowest BCUT2D eigenvalue weighted by molar-refractivity contribution is -0.121. The molecule has 0 aromatic heterocycles. The Morgan fingerprint density at radius 3 is 1.83 bits per heavy atom. The Bertz CT molecular complexity index is 602. The lowest BCUT2D eigenvalue weighted by Crippen LogP contribution is -2.26. The van der Waals surface area contributed by atoms with Crippen LogP contribution < -0.4 is 5.32 Å². The second kappa shape index (κ2) is 19.6. The van der Waals surface area contributed by atoms with Crippen LogP contribution >= 0.6 is 7.82 Å². The maximum Gasteiger partial charge on any atom is 0.469 e. The summed E-state index contributed by atoms with van der Waals surface area (Å²) in [6.07, 6.45) is 28.3. The van der Waals surface area contributed by atoms with Crippen LogP contribution in [0.15, 0.2) is 60.8 Å². The van der Waals surface area contributed by atoms with Crippen LogP contribution in [0, 0.1) is 0 Å². The van der Waals surface area contributed by atoms with Gasteiger partial charge in [-0.1, -0.05) is 67.7 Å². The van der Waals surface area contributed by atoms with Gasteiger partial charge in [-0.05, 0) is 44.9 Å². The minimum atomic E-state index is -4.46. The first kappa shape index (κ1) is 27.3. The number of hydrogen-bond donors (Lipinski definition) is 3. The molecule has 0 aliphatic heterocycles. The van der Waals surface area contributed by atoms with Crippen LogP contribution in [0.3, 0.4) is 0 Å². The smallest absolute Gasteiger partial charge is 0.354 e. The van der Waals surface area contributed by atoms with Crippen LogP contribution in [0.5, 0.6) is 0 Å². The Hall–Kier alpha value is -1.72. The number of nitrogens with one attached hydrogen (secondary N) is 1. The van der Waals surface area contributed by atoms with Crippen molar-refractivity contribution in [2.45, 2.75) is 58.3 Å². The van der Waals surface area contributed by atoms with Crippen LogP contribution in [-0.2, 0) is 13.9 Å². The fourth-order valence-electron chi connectivity index (χ4n) is 2.19. The van der Waals surface area contributed by atoms with Crippen LogP contribution in [0.25, 0.3) is 0 Å². The van der Waals surface area contributed by atoms with E-state index >= 15 is 0 Å². The molecule has 3 N–H and O–H groups in total. The molecule has 0 radical (unpaired) electrons. The van der Waals surface area contributed by atoms with Gasteiger partial charge in [0.05, 0.1) is 6.61 Å². The summed E-state index contributed by atoms with van der Waals surface area (Å²) < 4.78 is 14.7. The first-order valence-electron chi connectivity index (χ1n) is 10.2. The van der Waals surface area contributed by atoms with Crippen LogP contribution in [0.1, 0.15) is 58.3 Å². The first-order valence-corrected chi connectivity index (χ1v) is 11.7. The second-order valence-corrected chi connectivity index (χ2v) is 7.51. The molecule has 0 rings (SSSR count). The largest absolute Gasteiger partial charge is 0.469 e. The number of amides is 1. The Morgan fingerprint density at radius 2 is 1.34 bits per heavy atom. The van der Waals surface area contributed by atoms with E-state index in [0.29, 0.717) is 6.42 Å². The van der Waals surface area contributed by atoms with E-state index in [4.69, 9.17) is 9.79 Å². The molecule has 0 aromatic carbocycles. The molecular formula is C22H36NO5P. The number of carbonyl (C=O) groups excluding carboxylic acids is 1. The average Bonchev–Trinajstić information content (AvgIpc) is 2.67. The summed E-state index contributed by atoms with van der Waals surface area (Å²) >= 11 is 0. The normalized spacial score (nSPS) is 13.1. The van der Waals surface area contributed by atoms with Crippen LogP contribution in [0.2, 0.25) is 0 Å². The molecule has 0 atom stereocenters. The molecule has 0 heterocycles. The van der Waals surface area contributed by atoms with Gasteiger partial charge in [0.25, 0.3) is 0 Å². The summed E-state index contributed by atoms with van der Waals surface area (Å²) in [5.41, 5.74) is 0. The number of unbranched alkanes of at least 4 members (excludes halogenated alkanes) is 1. The highest BCUT2D eigenvalue weighted by atomic mass is 31.2.